The third kappa shape index (κ3) is 13.3. The molecule has 0 aromatic heterocycles. The Morgan fingerprint density at radius 3 is 1.33 bits per heavy atom. The minimum atomic E-state index is -0.330. The lowest BCUT2D eigenvalue weighted by Crippen LogP contribution is -2.31. The predicted octanol–water partition coefficient (Wildman–Crippen LogP) is 1.77. The highest BCUT2D eigenvalue weighted by Gasteiger charge is 2.24. The Balaban J connectivity index is 1.25. The third-order valence-electron chi connectivity index (χ3n) is 7.28. The smallest absolute Gasteiger partial charge is 0.251 e. The summed E-state index contributed by atoms with van der Waals surface area (Å²) in [6, 6.07) is 3.13. The molecule has 3 amide bonds. The van der Waals surface area contributed by atoms with Gasteiger partial charge in [0.05, 0.1) is 39.6 Å². The molecular weight excluding hydrogens is 558 g/mol. The second kappa shape index (κ2) is 18.3. The van der Waals surface area contributed by atoms with E-state index in [1.165, 1.54) is 0 Å². The monoisotopic (exact) mass is 605 g/mol. The molecular formula is C31H47N3O9. The Morgan fingerprint density at radius 1 is 0.628 bits per heavy atom. The van der Waals surface area contributed by atoms with E-state index in [1.807, 2.05) is 0 Å². The van der Waals surface area contributed by atoms with E-state index in [0.717, 1.165) is 58.3 Å². The second-order valence-corrected chi connectivity index (χ2v) is 11.2. The number of ether oxygens (including phenoxy) is 6. The summed E-state index contributed by atoms with van der Waals surface area (Å²) >= 11 is 0. The van der Waals surface area contributed by atoms with Gasteiger partial charge in [-0.05, 0) is 63.1 Å². The van der Waals surface area contributed by atoms with Crippen LogP contribution >= 0.6 is 0 Å². The highest BCUT2D eigenvalue weighted by molar-refractivity contribution is 6.06. The van der Waals surface area contributed by atoms with Crippen molar-refractivity contribution in [2.75, 3.05) is 79.1 Å². The quantitative estimate of drug-likeness (QED) is 0.118. The fourth-order valence-electron chi connectivity index (χ4n) is 4.34. The summed E-state index contributed by atoms with van der Waals surface area (Å²) in [7, 11) is 0. The largest absolute Gasteiger partial charge is 0.379 e. The van der Waals surface area contributed by atoms with Crippen LogP contribution in [-0.4, -0.2) is 115 Å². The van der Waals surface area contributed by atoms with Gasteiger partial charge in [-0.25, -0.2) is 0 Å². The van der Waals surface area contributed by atoms with Crippen LogP contribution in [0.5, 0.6) is 0 Å². The lowest BCUT2D eigenvalue weighted by Gasteiger charge is -2.15. The van der Waals surface area contributed by atoms with Crippen molar-refractivity contribution in [3.05, 3.63) is 34.4 Å². The first kappa shape index (κ1) is 33.3. The molecule has 3 fully saturated rings. The lowest BCUT2D eigenvalue weighted by molar-refractivity contribution is 0.0944. The molecule has 12 heteroatoms. The maximum Gasteiger partial charge on any atom is 0.251 e. The van der Waals surface area contributed by atoms with E-state index in [2.05, 4.69) is 16.0 Å². The first-order valence-electron chi connectivity index (χ1n) is 15.6. The first-order chi connectivity index (χ1) is 21.0. The average molecular weight is 606 g/mol. The van der Waals surface area contributed by atoms with Crippen molar-refractivity contribution >= 4 is 17.7 Å². The summed E-state index contributed by atoms with van der Waals surface area (Å²) < 4.78 is 32.0. The van der Waals surface area contributed by atoms with Gasteiger partial charge in [0.2, 0.25) is 0 Å². The SMILES string of the molecule is Cc1c(C(=O)NCCCCOCC2CO2)cc(C(=O)NCCCCOCC2CO2)cc1C(=O)NCCCCOCC1CO1. The van der Waals surface area contributed by atoms with Gasteiger partial charge in [-0.15, -0.1) is 0 Å². The molecule has 43 heavy (non-hydrogen) atoms. The van der Waals surface area contributed by atoms with Crippen LogP contribution in [0.3, 0.4) is 0 Å². The van der Waals surface area contributed by atoms with Crippen LogP contribution in [0.2, 0.25) is 0 Å². The number of benzene rings is 1. The minimum absolute atomic E-state index is 0.238. The Labute approximate surface area is 253 Å². The molecule has 12 nitrogen and oxygen atoms in total. The summed E-state index contributed by atoms with van der Waals surface area (Å²) in [5.41, 5.74) is 1.43. The number of carbonyl (C=O) groups excluding carboxylic acids is 3. The van der Waals surface area contributed by atoms with Gasteiger partial charge in [-0.3, -0.25) is 14.4 Å². The van der Waals surface area contributed by atoms with Crippen LogP contribution in [-0.2, 0) is 28.4 Å². The van der Waals surface area contributed by atoms with Crippen molar-refractivity contribution in [2.24, 2.45) is 0 Å². The fraction of sp³-hybridized carbons (Fsp3) is 0.710. The number of nitrogens with one attached hydrogen (secondary N) is 3. The van der Waals surface area contributed by atoms with Crippen molar-refractivity contribution < 1.29 is 42.8 Å². The highest BCUT2D eigenvalue weighted by Crippen LogP contribution is 2.19. The van der Waals surface area contributed by atoms with E-state index in [9.17, 15) is 14.4 Å². The number of unbranched alkanes of at least 4 members (excludes halogenated alkanes) is 3. The molecule has 3 aliphatic rings. The standard InChI is InChI=1S/C31H47N3O9/c1-22-27(30(36)33-9-3-6-12-39-17-25-20-42-25)14-23(29(35)32-8-2-5-11-38-16-24-19-41-24)15-28(22)31(37)34-10-4-7-13-40-18-26-21-43-26/h14-15,24-26H,2-13,16-21H2,1H3,(H,32,35)(H,33,36)(H,34,37). The van der Waals surface area contributed by atoms with Crippen molar-refractivity contribution in [3.8, 4) is 0 Å². The third-order valence-corrected chi connectivity index (χ3v) is 7.28. The molecule has 0 radical (unpaired) electrons. The van der Waals surface area contributed by atoms with Crippen LogP contribution in [0.25, 0.3) is 0 Å². The van der Waals surface area contributed by atoms with Crippen molar-refractivity contribution in [1.29, 1.82) is 0 Å². The van der Waals surface area contributed by atoms with Gasteiger partial charge in [0.25, 0.3) is 17.7 Å². The molecule has 3 unspecified atom stereocenters. The Hall–Kier alpha value is -2.61. The number of epoxide rings is 3. The molecule has 1 aromatic rings. The molecule has 0 saturated carbocycles. The van der Waals surface area contributed by atoms with Crippen molar-refractivity contribution in [1.82, 2.24) is 16.0 Å². The van der Waals surface area contributed by atoms with E-state index in [4.69, 9.17) is 28.4 Å². The molecule has 3 heterocycles. The van der Waals surface area contributed by atoms with Gasteiger partial charge < -0.3 is 44.4 Å². The Morgan fingerprint density at radius 2 is 0.977 bits per heavy atom. The van der Waals surface area contributed by atoms with Crippen LogP contribution in [0, 0.1) is 6.92 Å². The molecule has 3 atom stereocenters. The molecule has 0 spiro atoms. The predicted molar refractivity (Wildman–Crippen MR) is 158 cm³/mol. The molecule has 4 rings (SSSR count). The molecule has 1 aromatic carbocycles. The van der Waals surface area contributed by atoms with Gasteiger partial charge in [-0.1, -0.05) is 0 Å². The van der Waals surface area contributed by atoms with Gasteiger partial charge in [0, 0.05) is 56.1 Å². The summed E-state index contributed by atoms with van der Waals surface area (Å²) in [5.74, 6) is -0.965. The van der Waals surface area contributed by atoms with Gasteiger partial charge in [0.15, 0.2) is 0 Å². The summed E-state index contributed by atoms with van der Waals surface area (Å²) in [4.78, 5) is 39.4. The Kier molecular flexibility index (Phi) is 14.1. The number of amides is 3. The maximum atomic E-state index is 13.2. The number of carbonyl (C=O) groups is 3. The second-order valence-electron chi connectivity index (χ2n) is 11.2. The van der Waals surface area contributed by atoms with Gasteiger partial charge in [-0.2, -0.15) is 0 Å². The Bertz CT molecular complexity index is 982. The highest BCUT2D eigenvalue weighted by atomic mass is 16.6. The zero-order valence-corrected chi connectivity index (χ0v) is 25.3. The van der Waals surface area contributed by atoms with Gasteiger partial charge >= 0.3 is 0 Å². The van der Waals surface area contributed by atoms with Crippen LogP contribution < -0.4 is 16.0 Å². The lowest BCUT2D eigenvalue weighted by atomic mass is 9.96. The van der Waals surface area contributed by atoms with Crippen LogP contribution in [0.1, 0.15) is 75.2 Å². The molecule has 240 valence electrons. The van der Waals surface area contributed by atoms with Crippen LogP contribution in [0.4, 0.5) is 0 Å². The van der Waals surface area contributed by atoms with Crippen molar-refractivity contribution in [3.63, 3.8) is 0 Å². The zero-order valence-electron chi connectivity index (χ0n) is 25.3. The minimum Gasteiger partial charge on any atom is -0.379 e. The first-order valence-corrected chi connectivity index (χ1v) is 15.6. The van der Waals surface area contributed by atoms with E-state index < -0.39 is 0 Å². The molecule has 3 aliphatic heterocycles. The molecule has 3 saturated heterocycles. The number of hydrogen-bond acceptors (Lipinski definition) is 9. The summed E-state index contributed by atoms with van der Waals surface area (Å²) in [6.45, 7) is 9.08. The molecule has 0 aliphatic carbocycles. The van der Waals surface area contributed by atoms with E-state index in [0.29, 0.717) is 76.0 Å². The summed E-state index contributed by atoms with van der Waals surface area (Å²) in [6.07, 6.45) is 5.38. The van der Waals surface area contributed by atoms with E-state index in [1.54, 1.807) is 19.1 Å². The van der Waals surface area contributed by atoms with E-state index >= 15 is 0 Å². The maximum absolute atomic E-state index is 13.2. The number of hydrogen-bond donors (Lipinski definition) is 3. The average Bonchev–Trinajstić information content (AvgIpc) is 3.85. The van der Waals surface area contributed by atoms with E-state index in [-0.39, 0.29) is 41.6 Å². The molecule has 3 N–H and O–H groups in total. The normalized spacial score (nSPS) is 20.0. The number of rotatable bonds is 24. The van der Waals surface area contributed by atoms with Gasteiger partial charge in [0.1, 0.15) is 18.3 Å². The summed E-state index contributed by atoms with van der Waals surface area (Å²) in [5, 5.41) is 8.75. The van der Waals surface area contributed by atoms with Crippen LogP contribution in [0.15, 0.2) is 12.1 Å². The zero-order chi connectivity index (χ0) is 30.3. The fourth-order valence-corrected chi connectivity index (χ4v) is 4.34. The topological polar surface area (TPSA) is 153 Å². The van der Waals surface area contributed by atoms with Crippen molar-refractivity contribution in [2.45, 2.75) is 63.8 Å². The molecule has 0 bridgehead atoms.